The van der Waals surface area contributed by atoms with Crippen molar-refractivity contribution in [1.29, 1.82) is 0 Å². The van der Waals surface area contributed by atoms with Gasteiger partial charge < -0.3 is 4.74 Å². The molecule has 2 heteroatoms. The van der Waals surface area contributed by atoms with Gasteiger partial charge in [0.25, 0.3) is 0 Å². The Labute approximate surface area is 103 Å². The summed E-state index contributed by atoms with van der Waals surface area (Å²) in [6.07, 6.45) is 0.611. The summed E-state index contributed by atoms with van der Waals surface area (Å²) >= 11 is 0. The first-order chi connectivity index (χ1) is 7.90. The van der Waals surface area contributed by atoms with Crippen LogP contribution in [-0.4, -0.2) is 12.4 Å². The fourth-order valence-electron chi connectivity index (χ4n) is 2.18. The summed E-state index contributed by atoms with van der Waals surface area (Å²) in [4.78, 5) is 12.0. The van der Waals surface area contributed by atoms with E-state index in [2.05, 4.69) is 27.7 Å². The van der Waals surface area contributed by atoms with Gasteiger partial charge in [-0.1, -0.05) is 27.7 Å². The summed E-state index contributed by atoms with van der Waals surface area (Å²) in [7, 11) is 0. The van der Waals surface area contributed by atoms with Crippen LogP contribution in [0.3, 0.4) is 0 Å². The summed E-state index contributed by atoms with van der Waals surface area (Å²) in [6.45, 7) is 9.13. The minimum atomic E-state index is 0.0173. The van der Waals surface area contributed by atoms with Crippen molar-refractivity contribution in [2.24, 2.45) is 5.92 Å². The van der Waals surface area contributed by atoms with Crippen LogP contribution in [0.2, 0.25) is 0 Å². The molecule has 0 fully saturated rings. The van der Waals surface area contributed by atoms with E-state index in [9.17, 15) is 4.79 Å². The Morgan fingerprint density at radius 3 is 2.76 bits per heavy atom. The smallest absolute Gasteiger partial charge is 0.163 e. The van der Waals surface area contributed by atoms with Crippen LogP contribution in [0.1, 0.15) is 50.0 Å². The van der Waals surface area contributed by atoms with Crippen LogP contribution in [0.4, 0.5) is 0 Å². The molecule has 1 aromatic carbocycles. The van der Waals surface area contributed by atoms with Gasteiger partial charge in [0.1, 0.15) is 5.75 Å². The van der Waals surface area contributed by atoms with E-state index in [1.807, 2.05) is 18.2 Å². The number of hydrogen-bond acceptors (Lipinski definition) is 2. The molecule has 0 bridgehead atoms. The predicted molar refractivity (Wildman–Crippen MR) is 68.7 cm³/mol. The van der Waals surface area contributed by atoms with Gasteiger partial charge in [-0.05, 0) is 24.1 Å². The number of benzene rings is 1. The van der Waals surface area contributed by atoms with Crippen molar-refractivity contribution in [3.8, 4) is 5.75 Å². The number of fused-ring (bicyclic) bond motifs is 1. The van der Waals surface area contributed by atoms with Crippen LogP contribution < -0.4 is 4.74 Å². The summed E-state index contributed by atoms with van der Waals surface area (Å²) < 4.78 is 5.62. The van der Waals surface area contributed by atoms with Gasteiger partial charge in [0.2, 0.25) is 0 Å². The normalized spacial score (nSPS) is 16.8. The first-order valence-corrected chi connectivity index (χ1v) is 6.21. The van der Waals surface area contributed by atoms with Crippen molar-refractivity contribution < 1.29 is 9.53 Å². The van der Waals surface area contributed by atoms with E-state index in [0.717, 1.165) is 16.9 Å². The molecule has 92 valence electrons. The molecule has 1 aliphatic heterocycles. The van der Waals surface area contributed by atoms with Gasteiger partial charge in [-0.2, -0.15) is 0 Å². The van der Waals surface area contributed by atoms with Crippen LogP contribution in [0.25, 0.3) is 0 Å². The number of ether oxygens (including phenoxy) is 1. The average Bonchev–Trinajstić information content (AvgIpc) is 2.54. The molecule has 0 atom stereocenters. The zero-order valence-corrected chi connectivity index (χ0v) is 11.0. The Morgan fingerprint density at radius 2 is 2.12 bits per heavy atom. The minimum Gasteiger partial charge on any atom is -0.492 e. The molecule has 0 unspecified atom stereocenters. The third kappa shape index (κ3) is 2.36. The highest BCUT2D eigenvalue weighted by Gasteiger charge is 2.32. The van der Waals surface area contributed by atoms with Crippen molar-refractivity contribution in [3.05, 3.63) is 29.3 Å². The minimum absolute atomic E-state index is 0.0173. The molecule has 1 aromatic rings. The van der Waals surface area contributed by atoms with Gasteiger partial charge in [0.15, 0.2) is 5.78 Å². The Hall–Kier alpha value is -1.31. The first kappa shape index (κ1) is 12.2. The summed E-state index contributed by atoms with van der Waals surface area (Å²) in [5, 5.41) is 0. The van der Waals surface area contributed by atoms with Crippen LogP contribution in [0, 0.1) is 5.92 Å². The second kappa shape index (κ2) is 4.17. The third-order valence-corrected chi connectivity index (χ3v) is 3.21. The van der Waals surface area contributed by atoms with E-state index in [-0.39, 0.29) is 11.2 Å². The van der Waals surface area contributed by atoms with E-state index >= 15 is 0 Å². The Morgan fingerprint density at radius 1 is 1.41 bits per heavy atom. The van der Waals surface area contributed by atoms with E-state index in [1.54, 1.807) is 0 Å². The maximum absolute atomic E-state index is 12.0. The monoisotopic (exact) mass is 232 g/mol. The second-order valence-corrected chi connectivity index (χ2v) is 5.90. The van der Waals surface area contributed by atoms with Crippen molar-refractivity contribution in [3.63, 3.8) is 0 Å². The lowest BCUT2D eigenvalue weighted by molar-refractivity contribution is 0.0968. The van der Waals surface area contributed by atoms with E-state index in [4.69, 9.17) is 4.74 Å². The molecular weight excluding hydrogens is 212 g/mol. The zero-order valence-electron chi connectivity index (χ0n) is 11.0. The standard InChI is InChI=1S/C15H20O2/c1-10(2)7-13(16)11-5-6-14-12(8-11)15(3,4)9-17-14/h5-6,8,10H,7,9H2,1-4H3. The van der Waals surface area contributed by atoms with Crippen LogP contribution >= 0.6 is 0 Å². The van der Waals surface area contributed by atoms with Gasteiger partial charge in [-0.3, -0.25) is 4.79 Å². The number of Topliss-reactive ketones (excluding diaryl/α,β-unsaturated/α-hetero) is 1. The Balaban J connectivity index is 2.31. The van der Waals surface area contributed by atoms with Crippen molar-refractivity contribution in [1.82, 2.24) is 0 Å². The fourth-order valence-corrected chi connectivity index (χ4v) is 2.18. The van der Waals surface area contributed by atoms with Gasteiger partial charge in [0.05, 0.1) is 6.61 Å². The summed E-state index contributed by atoms with van der Waals surface area (Å²) in [5.41, 5.74) is 1.99. The first-order valence-electron chi connectivity index (χ1n) is 6.21. The Kier molecular flexibility index (Phi) is 2.98. The van der Waals surface area contributed by atoms with Crippen LogP contribution in [0.5, 0.6) is 5.75 Å². The van der Waals surface area contributed by atoms with E-state index < -0.39 is 0 Å². The Bertz CT molecular complexity index is 444. The SMILES string of the molecule is CC(C)CC(=O)c1ccc2c(c1)C(C)(C)CO2. The fraction of sp³-hybridized carbons (Fsp3) is 0.533. The number of carbonyl (C=O) groups excluding carboxylic acids is 1. The van der Waals surface area contributed by atoms with Crippen molar-refractivity contribution in [2.75, 3.05) is 6.61 Å². The van der Waals surface area contributed by atoms with E-state index in [1.165, 1.54) is 0 Å². The lowest BCUT2D eigenvalue weighted by Gasteiger charge is -2.15. The molecule has 0 saturated heterocycles. The highest BCUT2D eigenvalue weighted by Crippen LogP contribution is 2.38. The van der Waals surface area contributed by atoms with Gasteiger partial charge >= 0.3 is 0 Å². The maximum Gasteiger partial charge on any atom is 0.163 e. The number of hydrogen-bond donors (Lipinski definition) is 0. The molecule has 0 N–H and O–H groups in total. The van der Waals surface area contributed by atoms with Crippen molar-refractivity contribution >= 4 is 5.78 Å². The molecule has 0 amide bonds. The lowest BCUT2D eigenvalue weighted by Crippen LogP contribution is -2.18. The average molecular weight is 232 g/mol. The maximum atomic E-state index is 12.0. The molecule has 2 nitrogen and oxygen atoms in total. The van der Waals surface area contributed by atoms with Crippen LogP contribution in [0.15, 0.2) is 18.2 Å². The largest absolute Gasteiger partial charge is 0.492 e. The molecule has 0 spiro atoms. The highest BCUT2D eigenvalue weighted by atomic mass is 16.5. The second-order valence-electron chi connectivity index (χ2n) is 5.90. The molecule has 0 radical (unpaired) electrons. The predicted octanol–water partition coefficient (Wildman–Crippen LogP) is 3.59. The molecule has 2 rings (SSSR count). The molecule has 0 aromatic heterocycles. The quantitative estimate of drug-likeness (QED) is 0.744. The molecular formula is C15H20O2. The summed E-state index contributed by atoms with van der Waals surface area (Å²) in [6, 6.07) is 5.82. The highest BCUT2D eigenvalue weighted by molar-refractivity contribution is 5.96. The number of ketones is 1. The number of rotatable bonds is 3. The number of carbonyl (C=O) groups is 1. The van der Waals surface area contributed by atoms with Crippen molar-refractivity contribution in [2.45, 2.75) is 39.5 Å². The van der Waals surface area contributed by atoms with Gasteiger partial charge in [-0.25, -0.2) is 0 Å². The zero-order chi connectivity index (χ0) is 12.6. The topological polar surface area (TPSA) is 26.3 Å². The van der Waals surface area contributed by atoms with Gasteiger partial charge in [0, 0.05) is 23.0 Å². The molecule has 0 saturated carbocycles. The summed E-state index contributed by atoms with van der Waals surface area (Å²) in [5.74, 6) is 1.56. The van der Waals surface area contributed by atoms with Gasteiger partial charge in [-0.15, -0.1) is 0 Å². The van der Waals surface area contributed by atoms with E-state index in [0.29, 0.717) is 18.9 Å². The van der Waals surface area contributed by atoms with Crippen LogP contribution in [-0.2, 0) is 5.41 Å². The molecule has 1 heterocycles. The third-order valence-electron chi connectivity index (χ3n) is 3.21. The molecule has 1 aliphatic rings. The molecule has 17 heavy (non-hydrogen) atoms. The lowest BCUT2D eigenvalue weighted by atomic mass is 9.85. The molecule has 0 aliphatic carbocycles.